The van der Waals surface area contributed by atoms with Gasteiger partial charge in [0, 0.05) is 30.6 Å². The van der Waals surface area contributed by atoms with Crippen molar-refractivity contribution in [1.82, 2.24) is 4.90 Å². The predicted octanol–water partition coefficient (Wildman–Crippen LogP) is 2.25. The number of ether oxygens (including phenoxy) is 5. The molecule has 0 spiro atoms. The average molecular weight is 391 g/mol. The monoisotopic (exact) mass is 391 g/mol. The van der Waals surface area contributed by atoms with E-state index in [1.54, 1.807) is 29.4 Å². The van der Waals surface area contributed by atoms with Crippen molar-refractivity contribution in [2.24, 2.45) is 0 Å². The van der Waals surface area contributed by atoms with E-state index in [2.05, 4.69) is 0 Å². The molecule has 0 saturated carbocycles. The molecule has 0 bridgehead atoms. The first kappa shape index (κ1) is 21.1. The lowest BCUT2D eigenvalue weighted by molar-refractivity contribution is -0.137. The summed E-state index contributed by atoms with van der Waals surface area (Å²) in [6.07, 6.45) is 3.30. The van der Waals surface area contributed by atoms with E-state index in [9.17, 15) is 9.59 Å². The highest BCUT2D eigenvalue weighted by Gasteiger charge is 2.37. The first-order valence-corrected chi connectivity index (χ1v) is 8.61. The molecular formula is C20H25NO7. The standard InChI is InChI=1S/C20H25NO7/c1-7-21-10-13(19(22)27-5)18(14(11-21)20(23)28-6)12-8-16(25-3)17(26-4)9-15(12)24-2/h8-11,18H,7H2,1-6H3. The van der Waals surface area contributed by atoms with Gasteiger partial charge in [-0.1, -0.05) is 0 Å². The van der Waals surface area contributed by atoms with Crippen LogP contribution in [0.2, 0.25) is 0 Å². The van der Waals surface area contributed by atoms with Crippen LogP contribution in [0, 0.1) is 0 Å². The molecule has 0 N–H and O–H groups in total. The molecule has 152 valence electrons. The molecule has 1 aliphatic heterocycles. The van der Waals surface area contributed by atoms with E-state index in [0.717, 1.165) is 0 Å². The molecule has 0 saturated heterocycles. The predicted molar refractivity (Wildman–Crippen MR) is 101 cm³/mol. The van der Waals surface area contributed by atoms with E-state index in [0.29, 0.717) is 29.4 Å². The van der Waals surface area contributed by atoms with Gasteiger partial charge in [-0.25, -0.2) is 9.59 Å². The number of methoxy groups -OCH3 is 5. The minimum Gasteiger partial charge on any atom is -0.496 e. The van der Waals surface area contributed by atoms with Gasteiger partial charge in [0.15, 0.2) is 11.5 Å². The molecule has 0 aromatic heterocycles. The normalized spacial score (nSPS) is 14.0. The van der Waals surface area contributed by atoms with Crippen molar-refractivity contribution >= 4 is 11.9 Å². The van der Waals surface area contributed by atoms with Crippen LogP contribution >= 0.6 is 0 Å². The molecule has 1 aromatic rings. The molecule has 0 aliphatic carbocycles. The SMILES string of the molecule is CCN1C=C(C(=O)OC)C(c2cc(OC)c(OC)cc2OC)C(C(=O)OC)=C1. The van der Waals surface area contributed by atoms with E-state index >= 15 is 0 Å². The lowest BCUT2D eigenvalue weighted by Gasteiger charge is -2.30. The maximum absolute atomic E-state index is 12.6. The molecule has 0 radical (unpaired) electrons. The van der Waals surface area contributed by atoms with E-state index in [1.165, 1.54) is 35.5 Å². The number of carbonyl (C=O) groups is 2. The van der Waals surface area contributed by atoms with Crippen LogP contribution in [-0.4, -0.2) is 58.9 Å². The van der Waals surface area contributed by atoms with Crippen LogP contribution in [0.25, 0.3) is 0 Å². The molecule has 8 nitrogen and oxygen atoms in total. The zero-order valence-corrected chi connectivity index (χ0v) is 16.9. The fraction of sp³-hybridized carbons (Fsp3) is 0.400. The number of hydrogen-bond acceptors (Lipinski definition) is 8. The third-order valence-electron chi connectivity index (χ3n) is 4.49. The van der Waals surface area contributed by atoms with Crippen molar-refractivity contribution in [3.63, 3.8) is 0 Å². The molecule has 0 fully saturated rings. The number of nitrogens with zero attached hydrogens (tertiary/aromatic N) is 1. The maximum Gasteiger partial charge on any atom is 0.336 e. The van der Waals surface area contributed by atoms with Gasteiger partial charge < -0.3 is 28.6 Å². The quantitative estimate of drug-likeness (QED) is 0.655. The molecule has 0 atom stereocenters. The molecule has 1 heterocycles. The second-order valence-corrected chi connectivity index (χ2v) is 5.86. The third kappa shape index (κ3) is 3.90. The first-order chi connectivity index (χ1) is 13.4. The molecule has 28 heavy (non-hydrogen) atoms. The number of rotatable bonds is 7. The zero-order chi connectivity index (χ0) is 20.8. The van der Waals surface area contributed by atoms with Crippen LogP contribution in [0.15, 0.2) is 35.7 Å². The van der Waals surface area contributed by atoms with Crippen LogP contribution < -0.4 is 14.2 Å². The number of hydrogen-bond donors (Lipinski definition) is 0. The molecule has 2 rings (SSSR count). The number of carbonyl (C=O) groups excluding carboxylic acids is 2. The summed E-state index contributed by atoms with van der Waals surface area (Å²) >= 11 is 0. The number of benzene rings is 1. The van der Waals surface area contributed by atoms with Crippen LogP contribution in [-0.2, 0) is 19.1 Å². The summed E-state index contributed by atoms with van der Waals surface area (Å²) in [5.41, 5.74) is 1.10. The van der Waals surface area contributed by atoms with Crippen molar-refractivity contribution in [1.29, 1.82) is 0 Å². The van der Waals surface area contributed by atoms with Gasteiger partial charge >= 0.3 is 11.9 Å². The van der Waals surface area contributed by atoms with E-state index in [1.807, 2.05) is 6.92 Å². The summed E-state index contributed by atoms with van der Waals surface area (Å²) in [7, 11) is 7.09. The molecule has 0 amide bonds. The Hall–Kier alpha value is -3.16. The zero-order valence-electron chi connectivity index (χ0n) is 16.9. The Balaban J connectivity index is 2.77. The molecular weight excluding hydrogens is 366 g/mol. The molecule has 8 heteroatoms. The van der Waals surface area contributed by atoms with Gasteiger partial charge in [0.1, 0.15) is 5.75 Å². The van der Waals surface area contributed by atoms with Crippen molar-refractivity contribution < 1.29 is 33.3 Å². The highest BCUT2D eigenvalue weighted by molar-refractivity contribution is 5.99. The second-order valence-electron chi connectivity index (χ2n) is 5.86. The van der Waals surface area contributed by atoms with Crippen LogP contribution in [0.1, 0.15) is 18.4 Å². The maximum atomic E-state index is 12.6. The number of esters is 2. The van der Waals surface area contributed by atoms with Crippen molar-refractivity contribution in [2.75, 3.05) is 42.1 Å². The molecule has 1 aromatic carbocycles. The summed E-state index contributed by atoms with van der Waals surface area (Å²) in [6.45, 7) is 2.45. The van der Waals surface area contributed by atoms with Gasteiger partial charge in [-0.15, -0.1) is 0 Å². The topological polar surface area (TPSA) is 83.5 Å². The van der Waals surface area contributed by atoms with Crippen LogP contribution in [0.4, 0.5) is 0 Å². The largest absolute Gasteiger partial charge is 0.496 e. The smallest absolute Gasteiger partial charge is 0.336 e. The van der Waals surface area contributed by atoms with Gasteiger partial charge in [0.2, 0.25) is 0 Å². The van der Waals surface area contributed by atoms with E-state index < -0.39 is 17.9 Å². The Morgan fingerprint density at radius 2 is 1.29 bits per heavy atom. The summed E-state index contributed by atoms with van der Waals surface area (Å²) in [6, 6.07) is 3.32. The lowest BCUT2D eigenvalue weighted by atomic mass is 9.82. The van der Waals surface area contributed by atoms with Gasteiger partial charge in [0.25, 0.3) is 0 Å². The third-order valence-corrected chi connectivity index (χ3v) is 4.49. The Bertz CT molecular complexity index is 779. The Morgan fingerprint density at radius 1 is 0.821 bits per heavy atom. The molecule has 0 unspecified atom stereocenters. The minimum absolute atomic E-state index is 0.276. The summed E-state index contributed by atoms with van der Waals surface area (Å²) in [4.78, 5) is 26.8. The van der Waals surface area contributed by atoms with Gasteiger partial charge in [-0.2, -0.15) is 0 Å². The fourth-order valence-electron chi connectivity index (χ4n) is 3.08. The van der Waals surface area contributed by atoms with Crippen molar-refractivity contribution in [2.45, 2.75) is 12.8 Å². The minimum atomic E-state index is -0.766. The van der Waals surface area contributed by atoms with Crippen LogP contribution in [0.3, 0.4) is 0 Å². The van der Waals surface area contributed by atoms with E-state index in [4.69, 9.17) is 23.7 Å². The Morgan fingerprint density at radius 3 is 1.68 bits per heavy atom. The lowest BCUT2D eigenvalue weighted by Crippen LogP contribution is -2.29. The fourth-order valence-corrected chi connectivity index (χ4v) is 3.08. The van der Waals surface area contributed by atoms with Crippen molar-refractivity contribution in [3.05, 3.63) is 41.2 Å². The summed E-state index contributed by atoms with van der Waals surface area (Å²) in [5, 5.41) is 0. The summed E-state index contributed by atoms with van der Waals surface area (Å²) < 4.78 is 26.1. The molecule has 1 aliphatic rings. The second kappa shape index (κ2) is 9.16. The van der Waals surface area contributed by atoms with Crippen molar-refractivity contribution in [3.8, 4) is 17.2 Å². The first-order valence-electron chi connectivity index (χ1n) is 8.61. The Labute approximate surface area is 164 Å². The van der Waals surface area contributed by atoms with Crippen LogP contribution in [0.5, 0.6) is 17.2 Å². The van der Waals surface area contributed by atoms with Gasteiger partial charge in [-0.3, -0.25) is 0 Å². The van der Waals surface area contributed by atoms with Gasteiger partial charge in [0.05, 0.1) is 52.6 Å². The summed E-state index contributed by atoms with van der Waals surface area (Å²) in [5.74, 6) is -0.565. The van der Waals surface area contributed by atoms with E-state index in [-0.39, 0.29) is 11.1 Å². The van der Waals surface area contributed by atoms with Gasteiger partial charge in [-0.05, 0) is 13.0 Å². The highest BCUT2D eigenvalue weighted by Crippen LogP contribution is 2.45. The average Bonchev–Trinajstić information content (AvgIpc) is 2.75. The highest BCUT2D eigenvalue weighted by atomic mass is 16.5. The Kier molecular flexibility index (Phi) is 6.92.